The fourth-order valence-corrected chi connectivity index (χ4v) is 5.78. The number of aliphatic hydroxyl groups is 4. The predicted octanol–water partition coefficient (Wildman–Crippen LogP) is 2.87. The topological polar surface area (TPSA) is 99.4 Å². The summed E-state index contributed by atoms with van der Waals surface area (Å²) in [5, 5.41) is 40.6. The molecule has 1 heterocycles. The van der Waals surface area contributed by atoms with Crippen LogP contribution in [0.15, 0.2) is 42.5 Å². The Hall–Kier alpha value is -1.67. The molecule has 0 bridgehead atoms. The highest BCUT2D eigenvalue weighted by Crippen LogP contribution is 2.57. The summed E-state index contributed by atoms with van der Waals surface area (Å²) in [7, 11) is 0. The van der Waals surface area contributed by atoms with Gasteiger partial charge in [0.15, 0.2) is 0 Å². The van der Waals surface area contributed by atoms with Gasteiger partial charge in [-0.05, 0) is 71.9 Å². The monoisotopic (exact) mass is 474 g/mol. The molecule has 3 fully saturated rings. The lowest BCUT2D eigenvalue weighted by molar-refractivity contribution is -0.231. The quantitative estimate of drug-likeness (QED) is 0.514. The molecule has 5 rings (SSSR count). The summed E-state index contributed by atoms with van der Waals surface area (Å²) in [5.41, 5.74) is 2.54. The zero-order valence-corrected chi connectivity index (χ0v) is 19.3. The van der Waals surface area contributed by atoms with E-state index in [1.54, 1.807) is 12.1 Å². The van der Waals surface area contributed by atoms with Crippen LogP contribution in [0.4, 0.5) is 0 Å². The molecule has 7 atom stereocenters. The highest BCUT2D eigenvalue weighted by atomic mass is 35.5. The van der Waals surface area contributed by atoms with Crippen molar-refractivity contribution in [1.29, 1.82) is 0 Å². The third kappa shape index (κ3) is 4.53. The van der Waals surface area contributed by atoms with Crippen LogP contribution in [0.1, 0.15) is 42.6 Å². The molecule has 33 heavy (non-hydrogen) atoms. The zero-order valence-electron chi connectivity index (χ0n) is 18.5. The molecule has 2 unspecified atom stereocenters. The smallest absolute Gasteiger partial charge is 0.119 e. The average Bonchev–Trinajstić information content (AvgIpc) is 3.20. The summed E-state index contributed by atoms with van der Waals surface area (Å²) in [6.07, 6.45) is -2.72. The SMILES string of the molecule is CC1C2CC(Oc3ccc(Cc4cc([C@H]5O[C@H](CO)[C@@H](O)[C@H](O)[C@H]5O)ccc4Cl)cc3)CC12. The molecule has 3 aliphatic rings. The molecule has 2 aromatic rings. The van der Waals surface area contributed by atoms with Gasteiger partial charge < -0.3 is 29.9 Å². The number of hydrogen-bond donors (Lipinski definition) is 4. The van der Waals surface area contributed by atoms with Gasteiger partial charge in [-0.1, -0.05) is 42.8 Å². The largest absolute Gasteiger partial charge is 0.490 e. The van der Waals surface area contributed by atoms with E-state index in [9.17, 15) is 20.4 Å². The van der Waals surface area contributed by atoms with Gasteiger partial charge in [-0.3, -0.25) is 0 Å². The van der Waals surface area contributed by atoms with Crippen molar-refractivity contribution in [2.24, 2.45) is 17.8 Å². The van der Waals surface area contributed by atoms with E-state index in [1.165, 1.54) is 0 Å². The second-order valence-corrected chi connectivity index (χ2v) is 10.2. The molecule has 4 N–H and O–H groups in total. The minimum Gasteiger partial charge on any atom is -0.490 e. The minimum absolute atomic E-state index is 0.326. The van der Waals surface area contributed by atoms with E-state index < -0.39 is 37.1 Å². The Morgan fingerprint density at radius 3 is 2.33 bits per heavy atom. The van der Waals surface area contributed by atoms with Crippen LogP contribution in [0.3, 0.4) is 0 Å². The molecule has 1 saturated heterocycles. The van der Waals surface area contributed by atoms with Gasteiger partial charge in [0.2, 0.25) is 0 Å². The predicted molar refractivity (Wildman–Crippen MR) is 123 cm³/mol. The summed E-state index contributed by atoms with van der Waals surface area (Å²) in [6.45, 7) is 1.87. The molecule has 0 aromatic heterocycles. The van der Waals surface area contributed by atoms with Crippen molar-refractivity contribution in [2.75, 3.05) is 6.61 Å². The highest BCUT2D eigenvalue weighted by Gasteiger charge is 2.53. The van der Waals surface area contributed by atoms with Crippen molar-refractivity contribution in [1.82, 2.24) is 0 Å². The van der Waals surface area contributed by atoms with E-state index in [4.69, 9.17) is 21.1 Å². The maximum absolute atomic E-state index is 10.4. The van der Waals surface area contributed by atoms with Crippen molar-refractivity contribution in [2.45, 2.75) is 62.8 Å². The molecule has 2 saturated carbocycles. The summed E-state index contributed by atoms with van der Waals surface area (Å²) in [4.78, 5) is 0. The third-order valence-corrected chi connectivity index (χ3v) is 8.11. The number of halogens is 1. The first-order chi connectivity index (χ1) is 15.9. The van der Waals surface area contributed by atoms with Crippen LogP contribution in [0.5, 0.6) is 5.75 Å². The van der Waals surface area contributed by atoms with Crippen LogP contribution in [0.2, 0.25) is 5.02 Å². The van der Waals surface area contributed by atoms with Crippen LogP contribution in [0.25, 0.3) is 0 Å². The maximum atomic E-state index is 10.4. The first kappa shape index (κ1) is 23.1. The minimum atomic E-state index is -1.42. The molecule has 6 nitrogen and oxygen atoms in total. The van der Waals surface area contributed by atoms with Gasteiger partial charge in [-0.15, -0.1) is 0 Å². The van der Waals surface area contributed by atoms with E-state index in [2.05, 4.69) is 6.92 Å². The first-order valence-electron chi connectivity index (χ1n) is 11.7. The lowest BCUT2D eigenvalue weighted by atomic mass is 9.90. The van der Waals surface area contributed by atoms with Gasteiger partial charge >= 0.3 is 0 Å². The van der Waals surface area contributed by atoms with E-state index in [-0.39, 0.29) is 0 Å². The molecule has 2 aromatic carbocycles. The lowest BCUT2D eigenvalue weighted by Gasteiger charge is -2.40. The van der Waals surface area contributed by atoms with Crippen LogP contribution in [-0.4, -0.2) is 57.6 Å². The summed E-state index contributed by atoms with van der Waals surface area (Å²) in [6, 6.07) is 13.4. The van der Waals surface area contributed by atoms with Crippen molar-refractivity contribution in [3.8, 4) is 5.75 Å². The van der Waals surface area contributed by atoms with Gasteiger partial charge in [-0.2, -0.15) is 0 Å². The summed E-state index contributed by atoms with van der Waals surface area (Å²) < 4.78 is 11.9. The molecule has 0 spiro atoms. The molecular weight excluding hydrogens is 444 g/mol. The Labute approximate surface area is 198 Å². The van der Waals surface area contributed by atoms with Crippen LogP contribution in [-0.2, 0) is 11.2 Å². The number of aliphatic hydroxyl groups excluding tert-OH is 4. The fourth-order valence-electron chi connectivity index (χ4n) is 5.60. The van der Waals surface area contributed by atoms with Gasteiger partial charge in [0.05, 0.1) is 12.7 Å². The molecule has 7 heteroatoms. The van der Waals surface area contributed by atoms with E-state index >= 15 is 0 Å². The molecule has 178 valence electrons. The standard InChI is InChI=1S/C26H31ClO6/c1-13-19-10-18(11-20(13)19)32-17-5-2-14(3-6-17)8-16-9-15(4-7-21(16)27)26-25(31)24(30)23(29)22(12-28)33-26/h2-7,9,13,18-20,22-26,28-31H,8,10-12H2,1H3/t13?,18?,19?,20?,22-,23-,24+,25-,26-/m1/s1. The Morgan fingerprint density at radius 1 is 0.970 bits per heavy atom. The average molecular weight is 475 g/mol. The highest BCUT2D eigenvalue weighted by molar-refractivity contribution is 6.31. The van der Waals surface area contributed by atoms with E-state index in [0.29, 0.717) is 23.1 Å². The summed E-state index contributed by atoms with van der Waals surface area (Å²) in [5.74, 6) is 3.47. The number of fused-ring (bicyclic) bond motifs is 1. The Kier molecular flexibility index (Phi) is 6.42. The van der Waals surface area contributed by atoms with Crippen LogP contribution < -0.4 is 4.74 Å². The molecular formula is C26H31ClO6. The van der Waals surface area contributed by atoms with Gasteiger partial charge in [-0.25, -0.2) is 0 Å². The Bertz CT molecular complexity index is 967. The van der Waals surface area contributed by atoms with Gasteiger partial charge in [0.1, 0.15) is 36.3 Å². The van der Waals surface area contributed by atoms with E-state index in [1.807, 2.05) is 30.3 Å². The third-order valence-electron chi connectivity index (χ3n) is 7.74. The second-order valence-electron chi connectivity index (χ2n) is 9.82. The van der Waals surface area contributed by atoms with Crippen molar-refractivity contribution < 1.29 is 29.9 Å². The van der Waals surface area contributed by atoms with Crippen LogP contribution >= 0.6 is 11.6 Å². The first-order valence-corrected chi connectivity index (χ1v) is 12.1. The second kappa shape index (κ2) is 9.17. The van der Waals surface area contributed by atoms with Crippen molar-refractivity contribution in [3.05, 3.63) is 64.2 Å². The van der Waals surface area contributed by atoms with Crippen LogP contribution in [0, 0.1) is 17.8 Å². The van der Waals surface area contributed by atoms with Gasteiger partial charge in [0, 0.05) is 5.02 Å². The Morgan fingerprint density at radius 2 is 1.67 bits per heavy atom. The lowest BCUT2D eigenvalue weighted by Crippen LogP contribution is -2.55. The van der Waals surface area contributed by atoms with Gasteiger partial charge in [0.25, 0.3) is 0 Å². The van der Waals surface area contributed by atoms with Crippen molar-refractivity contribution in [3.63, 3.8) is 0 Å². The normalized spacial score (nSPS) is 37.6. The number of ether oxygens (including phenoxy) is 2. The number of rotatable bonds is 6. The molecule has 0 radical (unpaired) electrons. The molecule has 1 aliphatic heterocycles. The number of benzene rings is 2. The molecule has 0 amide bonds. The van der Waals surface area contributed by atoms with Crippen molar-refractivity contribution >= 4 is 11.6 Å². The number of hydrogen-bond acceptors (Lipinski definition) is 6. The van der Waals surface area contributed by atoms with E-state index in [0.717, 1.165) is 47.5 Å². The summed E-state index contributed by atoms with van der Waals surface area (Å²) >= 11 is 6.45. The fraction of sp³-hybridized carbons (Fsp3) is 0.538. The Balaban J connectivity index is 1.26. The maximum Gasteiger partial charge on any atom is 0.119 e. The zero-order chi connectivity index (χ0) is 23.3. The molecule has 2 aliphatic carbocycles.